The van der Waals surface area contributed by atoms with Gasteiger partial charge >= 0.3 is 5.97 Å². The third kappa shape index (κ3) is 3.35. The molecule has 1 atom stereocenters. The minimum atomic E-state index is -0.702. The number of hydrogen-bond donors (Lipinski definition) is 0. The molecule has 7 rings (SSSR count). The van der Waals surface area contributed by atoms with Crippen molar-refractivity contribution in [3.05, 3.63) is 65.2 Å². The Balaban J connectivity index is 1.03. The van der Waals surface area contributed by atoms with Gasteiger partial charge in [0.2, 0.25) is 11.8 Å². The van der Waals surface area contributed by atoms with Crippen molar-refractivity contribution in [2.75, 3.05) is 44.2 Å². The lowest BCUT2D eigenvalue weighted by atomic mass is 9.91. The lowest BCUT2D eigenvalue weighted by molar-refractivity contribution is -0.134. The Bertz CT molecular complexity index is 1240. The van der Waals surface area contributed by atoms with Crippen molar-refractivity contribution in [1.29, 1.82) is 0 Å². The predicted octanol–water partition coefficient (Wildman–Crippen LogP) is 3.08. The van der Waals surface area contributed by atoms with E-state index < -0.39 is 11.0 Å². The fourth-order valence-electron chi connectivity index (χ4n) is 6.42. The molecule has 7 heteroatoms. The summed E-state index contributed by atoms with van der Waals surface area (Å²) in [6.45, 7) is 4.28. The van der Waals surface area contributed by atoms with Crippen LogP contribution in [-0.4, -0.2) is 66.9 Å². The summed E-state index contributed by atoms with van der Waals surface area (Å²) in [6.07, 6.45) is 4.46. The van der Waals surface area contributed by atoms with Crippen molar-refractivity contribution >= 4 is 23.5 Å². The number of nitrogens with zero attached hydrogens (tertiary/aromatic N) is 3. The number of carbonyl (C=O) groups is 3. The van der Waals surface area contributed by atoms with Crippen LogP contribution in [0.5, 0.6) is 0 Å². The number of rotatable bonds is 4. The van der Waals surface area contributed by atoms with E-state index in [0.29, 0.717) is 31.0 Å². The fraction of sp³-hybridized carbons (Fsp3) is 0.483. The minimum Gasteiger partial charge on any atom is -0.449 e. The van der Waals surface area contributed by atoms with E-state index in [1.807, 2.05) is 34.1 Å². The molecule has 1 spiro atoms. The van der Waals surface area contributed by atoms with Gasteiger partial charge in [0, 0.05) is 56.3 Å². The highest BCUT2D eigenvalue weighted by Crippen LogP contribution is 2.52. The van der Waals surface area contributed by atoms with Gasteiger partial charge in [-0.25, -0.2) is 4.79 Å². The topological polar surface area (TPSA) is 70.2 Å². The van der Waals surface area contributed by atoms with Crippen LogP contribution >= 0.6 is 0 Å². The molecule has 0 aromatic heterocycles. The van der Waals surface area contributed by atoms with Crippen LogP contribution in [0.4, 0.5) is 5.69 Å². The first kappa shape index (κ1) is 21.9. The Morgan fingerprint density at radius 2 is 1.56 bits per heavy atom. The van der Waals surface area contributed by atoms with Crippen LogP contribution < -0.4 is 4.90 Å². The Hall–Kier alpha value is -3.35. The molecule has 0 N–H and O–H groups in total. The number of fused-ring (bicyclic) bond motifs is 2. The summed E-state index contributed by atoms with van der Waals surface area (Å²) < 4.78 is 5.86. The molecule has 2 saturated carbocycles. The van der Waals surface area contributed by atoms with E-state index in [1.165, 1.54) is 0 Å². The van der Waals surface area contributed by atoms with Crippen molar-refractivity contribution in [2.45, 2.75) is 43.1 Å². The normalized spacial score (nSPS) is 26.2. The molecule has 0 radical (unpaired) electrons. The van der Waals surface area contributed by atoms with Gasteiger partial charge in [0.15, 0.2) is 5.60 Å². The van der Waals surface area contributed by atoms with Crippen LogP contribution in [-0.2, 0) is 25.3 Å². The average Bonchev–Trinajstić information content (AvgIpc) is 3.85. The Morgan fingerprint density at radius 1 is 0.833 bits per heavy atom. The van der Waals surface area contributed by atoms with Crippen LogP contribution in [0.3, 0.4) is 0 Å². The van der Waals surface area contributed by atoms with Crippen LogP contribution in [0.15, 0.2) is 48.5 Å². The van der Waals surface area contributed by atoms with Gasteiger partial charge in [-0.05, 0) is 49.4 Å². The van der Waals surface area contributed by atoms with E-state index >= 15 is 0 Å². The summed E-state index contributed by atoms with van der Waals surface area (Å²) in [5.41, 5.74) is 2.60. The molecule has 0 bridgehead atoms. The van der Waals surface area contributed by atoms with Crippen molar-refractivity contribution in [1.82, 2.24) is 9.80 Å². The molecule has 5 aliphatic rings. The summed E-state index contributed by atoms with van der Waals surface area (Å²) in [6, 6.07) is 16.0. The minimum absolute atomic E-state index is 0.153. The molecule has 2 aromatic rings. The van der Waals surface area contributed by atoms with Crippen LogP contribution in [0, 0.1) is 5.92 Å². The second-order valence-corrected chi connectivity index (χ2v) is 11.1. The molecule has 3 aliphatic heterocycles. The van der Waals surface area contributed by atoms with Gasteiger partial charge < -0.3 is 19.4 Å². The zero-order chi connectivity index (χ0) is 24.5. The van der Waals surface area contributed by atoms with Gasteiger partial charge in [-0.15, -0.1) is 0 Å². The van der Waals surface area contributed by atoms with Crippen molar-refractivity contribution in [3.8, 4) is 0 Å². The molecule has 7 nitrogen and oxygen atoms in total. The van der Waals surface area contributed by atoms with E-state index in [2.05, 4.69) is 29.2 Å². The summed E-state index contributed by atoms with van der Waals surface area (Å²) in [5.74, 6) is 0.483. The summed E-state index contributed by atoms with van der Waals surface area (Å²) in [5, 5.41) is 0. The molecule has 2 amide bonds. The average molecular weight is 486 g/mol. The first-order valence-corrected chi connectivity index (χ1v) is 13.3. The molecule has 2 saturated heterocycles. The van der Waals surface area contributed by atoms with E-state index in [0.717, 1.165) is 68.7 Å². The van der Waals surface area contributed by atoms with Crippen molar-refractivity contribution in [2.24, 2.45) is 5.92 Å². The van der Waals surface area contributed by atoms with Gasteiger partial charge in [-0.1, -0.05) is 30.3 Å². The summed E-state index contributed by atoms with van der Waals surface area (Å²) in [7, 11) is 0. The first-order chi connectivity index (χ1) is 17.5. The number of likely N-dealkylation sites (tertiary alicyclic amines) is 1. The number of esters is 1. The van der Waals surface area contributed by atoms with Crippen LogP contribution in [0.2, 0.25) is 0 Å². The van der Waals surface area contributed by atoms with Crippen LogP contribution in [0.1, 0.15) is 53.6 Å². The third-order valence-electron chi connectivity index (χ3n) is 8.91. The molecule has 4 fully saturated rings. The number of carbonyl (C=O) groups excluding carboxylic acids is 3. The molecule has 36 heavy (non-hydrogen) atoms. The monoisotopic (exact) mass is 485 g/mol. The fourth-order valence-corrected chi connectivity index (χ4v) is 6.42. The Kier molecular flexibility index (Phi) is 4.76. The van der Waals surface area contributed by atoms with Crippen LogP contribution in [0.25, 0.3) is 0 Å². The zero-order valence-corrected chi connectivity index (χ0v) is 20.4. The highest BCUT2D eigenvalue weighted by molar-refractivity contribution is 5.96. The van der Waals surface area contributed by atoms with E-state index in [1.54, 1.807) is 0 Å². The van der Waals surface area contributed by atoms with Gasteiger partial charge in [0.1, 0.15) is 0 Å². The lowest BCUT2D eigenvalue weighted by Crippen LogP contribution is -2.49. The largest absolute Gasteiger partial charge is 0.449 e. The second kappa shape index (κ2) is 7.82. The first-order valence-electron chi connectivity index (χ1n) is 13.3. The molecular weight excluding hydrogens is 454 g/mol. The van der Waals surface area contributed by atoms with Gasteiger partial charge in [-0.2, -0.15) is 0 Å². The van der Waals surface area contributed by atoms with Gasteiger partial charge in [0.25, 0.3) is 0 Å². The number of anilines is 1. The zero-order valence-electron chi connectivity index (χ0n) is 20.4. The number of ether oxygens (including phenoxy) is 1. The number of benzene rings is 2. The molecular formula is C29H31N3O4. The maximum Gasteiger partial charge on any atom is 0.339 e. The van der Waals surface area contributed by atoms with Gasteiger partial charge in [-0.3, -0.25) is 9.59 Å². The summed E-state index contributed by atoms with van der Waals surface area (Å²) in [4.78, 5) is 44.8. The Morgan fingerprint density at radius 3 is 2.25 bits per heavy atom. The highest BCUT2D eigenvalue weighted by atomic mass is 16.6. The third-order valence-corrected chi connectivity index (χ3v) is 8.91. The van der Waals surface area contributed by atoms with E-state index in [-0.39, 0.29) is 17.8 Å². The quantitative estimate of drug-likeness (QED) is 0.623. The summed E-state index contributed by atoms with van der Waals surface area (Å²) >= 11 is 0. The number of piperazine rings is 1. The van der Waals surface area contributed by atoms with E-state index in [9.17, 15) is 14.4 Å². The molecule has 2 aromatic carbocycles. The van der Waals surface area contributed by atoms with Crippen molar-refractivity contribution in [3.63, 3.8) is 0 Å². The molecule has 186 valence electrons. The maximum absolute atomic E-state index is 13.7. The SMILES string of the molecule is O=C1O[C@]2(CCN(C(=O)C3(c4ccc(N5CCN(C(=O)C6CC6)CC5)cc4)CC3)C2)c2ccccc21. The lowest BCUT2D eigenvalue weighted by Gasteiger charge is -2.36. The number of amides is 2. The Labute approximate surface area is 211 Å². The van der Waals surface area contributed by atoms with E-state index in [4.69, 9.17) is 4.74 Å². The van der Waals surface area contributed by atoms with Crippen molar-refractivity contribution < 1.29 is 19.1 Å². The maximum atomic E-state index is 13.7. The second-order valence-electron chi connectivity index (χ2n) is 11.1. The molecule has 2 aliphatic carbocycles. The number of hydrogen-bond acceptors (Lipinski definition) is 5. The van der Waals surface area contributed by atoms with Gasteiger partial charge in [0.05, 0.1) is 17.5 Å². The molecule has 0 unspecified atom stereocenters. The standard InChI is InChI=1S/C29H31N3O4/c33-25(20-5-6-20)31-17-15-30(16-18-31)22-9-7-21(8-10-22)28(11-12-28)27(35)32-14-13-29(19-32)24-4-2-1-3-23(24)26(34)36-29/h1-4,7-10,20H,5-6,11-19H2/t29-/m0/s1. The predicted molar refractivity (Wildman–Crippen MR) is 134 cm³/mol. The molecule has 3 heterocycles. The smallest absolute Gasteiger partial charge is 0.339 e. The highest BCUT2D eigenvalue weighted by Gasteiger charge is 2.57.